The maximum Gasteiger partial charge on any atom is 0.287 e. The van der Waals surface area contributed by atoms with E-state index in [1.165, 1.54) is 16.8 Å². The summed E-state index contributed by atoms with van der Waals surface area (Å²) in [6.07, 6.45) is 1.61. The molecule has 144 valence electrons. The molecule has 0 bridgehead atoms. The van der Waals surface area contributed by atoms with Crippen LogP contribution in [0.2, 0.25) is 5.02 Å². The third kappa shape index (κ3) is 4.45. The highest BCUT2D eigenvalue weighted by atomic mass is 35.5. The van der Waals surface area contributed by atoms with Gasteiger partial charge in [0.25, 0.3) is 11.5 Å². The van der Waals surface area contributed by atoms with Crippen molar-refractivity contribution in [3.8, 4) is 0 Å². The fourth-order valence-corrected chi connectivity index (χ4v) is 3.29. The van der Waals surface area contributed by atoms with Crippen molar-refractivity contribution in [1.29, 1.82) is 0 Å². The van der Waals surface area contributed by atoms with Crippen LogP contribution in [0, 0.1) is 5.82 Å². The summed E-state index contributed by atoms with van der Waals surface area (Å²) in [7, 11) is 1.56. The van der Waals surface area contributed by atoms with Crippen molar-refractivity contribution in [2.24, 2.45) is 7.05 Å². The van der Waals surface area contributed by atoms with Gasteiger partial charge in [0.05, 0.1) is 17.4 Å². The van der Waals surface area contributed by atoms with E-state index in [4.69, 9.17) is 11.6 Å². The predicted octanol–water partition coefficient (Wildman–Crippen LogP) is 1.12. The van der Waals surface area contributed by atoms with Gasteiger partial charge in [0.1, 0.15) is 10.8 Å². The minimum atomic E-state index is -0.525. The van der Waals surface area contributed by atoms with Crippen LogP contribution in [0.25, 0.3) is 0 Å². The number of hydrogen-bond acceptors (Lipinski definition) is 5. The molecule has 2 heterocycles. The van der Waals surface area contributed by atoms with Crippen LogP contribution in [0.5, 0.6) is 0 Å². The van der Waals surface area contributed by atoms with E-state index in [9.17, 15) is 14.0 Å². The molecule has 1 aliphatic heterocycles. The number of benzene rings is 1. The molecule has 1 aliphatic rings. The lowest BCUT2D eigenvalue weighted by atomic mass is 10.2. The van der Waals surface area contributed by atoms with Crippen LogP contribution in [0.3, 0.4) is 0 Å². The molecule has 3 rings (SSSR count). The number of nitrogens with one attached hydrogen (secondary N) is 1. The molecular formula is C18H21ClFN5O2. The Morgan fingerprint density at radius 2 is 1.96 bits per heavy atom. The lowest BCUT2D eigenvalue weighted by Gasteiger charge is -2.36. The normalized spacial score (nSPS) is 15.0. The van der Waals surface area contributed by atoms with Crippen LogP contribution in [0.1, 0.15) is 10.4 Å². The molecule has 1 aromatic heterocycles. The van der Waals surface area contributed by atoms with Crippen molar-refractivity contribution >= 4 is 23.2 Å². The summed E-state index contributed by atoms with van der Waals surface area (Å²) in [5.41, 5.74) is 0.384. The number of carbonyl (C=O) groups is 1. The largest absolute Gasteiger partial charge is 0.366 e. The smallest absolute Gasteiger partial charge is 0.287 e. The summed E-state index contributed by atoms with van der Waals surface area (Å²) in [6.45, 7) is 4.03. The summed E-state index contributed by atoms with van der Waals surface area (Å²) in [5.74, 6) is -0.937. The Kier molecular flexibility index (Phi) is 6.08. The van der Waals surface area contributed by atoms with Gasteiger partial charge in [-0.25, -0.2) is 9.07 Å². The van der Waals surface area contributed by atoms with Gasteiger partial charge in [-0.15, -0.1) is 0 Å². The minimum Gasteiger partial charge on any atom is -0.366 e. The molecule has 0 radical (unpaired) electrons. The summed E-state index contributed by atoms with van der Waals surface area (Å²) in [6, 6.07) is 5.92. The number of nitrogens with zero attached hydrogens (tertiary/aromatic N) is 4. The molecule has 1 amide bonds. The van der Waals surface area contributed by atoms with E-state index in [0.717, 1.165) is 13.1 Å². The number of aryl methyl sites for hydroxylation is 1. The molecule has 0 aliphatic carbocycles. The Morgan fingerprint density at radius 1 is 1.26 bits per heavy atom. The van der Waals surface area contributed by atoms with Gasteiger partial charge in [0.2, 0.25) is 0 Å². The van der Waals surface area contributed by atoms with E-state index in [1.807, 2.05) is 4.90 Å². The van der Waals surface area contributed by atoms with Gasteiger partial charge in [0.15, 0.2) is 0 Å². The van der Waals surface area contributed by atoms with Gasteiger partial charge < -0.3 is 10.2 Å². The molecule has 27 heavy (non-hydrogen) atoms. The number of hydrogen-bond donors (Lipinski definition) is 1. The summed E-state index contributed by atoms with van der Waals surface area (Å²) in [5, 5.41) is 6.95. The Bertz CT molecular complexity index is 880. The Morgan fingerprint density at radius 3 is 2.67 bits per heavy atom. The fourth-order valence-electron chi connectivity index (χ4n) is 3.00. The summed E-state index contributed by atoms with van der Waals surface area (Å²) in [4.78, 5) is 28.1. The number of amides is 1. The molecular weight excluding hydrogens is 373 g/mol. The topological polar surface area (TPSA) is 70.5 Å². The molecule has 1 saturated heterocycles. The van der Waals surface area contributed by atoms with Gasteiger partial charge in [-0.2, -0.15) is 5.10 Å². The molecule has 0 unspecified atom stereocenters. The van der Waals surface area contributed by atoms with E-state index in [1.54, 1.807) is 25.4 Å². The van der Waals surface area contributed by atoms with Crippen molar-refractivity contribution < 1.29 is 9.18 Å². The molecule has 1 fully saturated rings. The predicted molar refractivity (Wildman–Crippen MR) is 102 cm³/mol. The van der Waals surface area contributed by atoms with Gasteiger partial charge >= 0.3 is 0 Å². The van der Waals surface area contributed by atoms with Crippen molar-refractivity contribution in [1.82, 2.24) is 20.0 Å². The van der Waals surface area contributed by atoms with E-state index in [-0.39, 0.29) is 16.1 Å². The van der Waals surface area contributed by atoms with Crippen LogP contribution < -0.4 is 15.8 Å². The lowest BCUT2D eigenvalue weighted by molar-refractivity contribution is 0.0943. The second-order valence-electron chi connectivity index (χ2n) is 6.34. The number of rotatable bonds is 5. The molecule has 7 nitrogen and oxygen atoms in total. The molecule has 0 saturated carbocycles. The second kappa shape index (κ2) is 8.49. The van der Waals surface area contributed by atoms with Crippen LogP contribution >= 0.6 is 11.6 Å². The average Bonchev–Trinajstić information content (AvgIpc) is 2.67. The van der Waals surface area contributed by atoms with Crippen molar-refractivity contribution in [3.05, 3.63) is 57.2 Å². The maximum atomic E-state index is 13.6. The fraction of sp³-hybridized carbons (Fsp3) is 0.389. The van der Waals surface area contributed by atoms with Gasteiger partial charge in [0, 0.05) is 46.3 Å². The Hall–Kier alpha value is -2.45. The van der Waals surface area contributed by atoms with Crippen molar-refractivity contribution in [2.75, 3.05) is 44.2 Å². The third-order valence-corrected chi connectivity index (χ3v) is 4.96. The first kappa shape index (κ1) is 19.3. The van der Waals surface area contributed by atoms with Gasteiger partial charge in [-0.3, -0.25) is 14.5 Å². The standard InChI is InChI=1S/C18H21ClFN5O2/c1-23-18(27)16(19)15(12-22-23)25-10-8-24(9-11-25)7-6-21-17(26)13-4-2-3-5-14(13)20/h2-5,12H,6-11H2,1H3,(H,21,26). The highest BCUT2D eigenvalue weighted by Crippen LogP contribution is 2.21. The van der Waals surface area contributed by atoms with Crippen LogP contribution in [0.4, 0.5) is 10.1 Å². The number of carbonyl (C=O) groups excluding carboxylic acids is 1. The Labute approximate surface area is 161 Å². The minimum absolute atomic E-state index is 0.0510. The van der Waals surface area contributed by atoms with Gasteiger partial charge in [-0.05, 0) is 12.1 Å². The van der Waals surface area contributed by atoms with Crippen molar-refractivity contribution in [3.63, 3.8) is 0 Å². The first-order valence-corrected chi connectivity index (χ1v) is 9.07. The van der Waals surface area contributed by atoms with Crippen LogP contribution in [-0.2, 0) is 7.05 Å². The zero-order valence-electron chi connectivity index (χ0n) is 15.0. The maximum absolute atomic E-state index is 13.6. The van der Waals surface area contributed by atoms with Crippen molar-refractivity contribution in [2.45, 2.75) is 0 Å². The zero-order valence-corrected chi connectivity index (χ0v) is 15.7. The molecule has 1 N–H and O–H groups in total. The van der Waals surface area contributed by atoms with Crippen LogP contribution in [0.15, 0.2) is 35.3 Å². The zero-order chi connectivity index (χ0) is 19.4. The first-order chi connectivity index (χ1) is 13.0. The molecule has 9 heteroatoms. The second-order valence-corrected chi connectivity index (χ2v) is 6.71. The first-order valence-electron chi connectivity index (χ1n) is 8.69. The number of halogens is 2. The highest BCUT2D eigenvalue weighted by molar-refractivity contribution is 6.33. The lowest BCUT2D eigenvalue weighted by Crippen LogP contribution is -2.49. The van der Waals surface area contributed by atoms with E-state index < -0.39 is 11.7 Å². The summed E-state index contributed by atoms with van der Waals surface area (Å²) < 4.78 is 14.8. The quantitative estimate of drug-likeness (QED) is 0.824. The van der Waals surface area contributed by atoms with E-state index >= 15 is 0 Å². The molecule has 1 aromatic carbocycles. The number of anilines is 1. The van der Waals surface area contributed by atoms with E-state index in [2.05, 4.69) is 15.3 Å². The third-order valence-electron chi connectivity index (χ3n) is 4.60. The SMILES string of the molecule is Cn1ncc(N2CCN(CCNC(=O)c3ccccc3F)CC2)c(Cl)c1=O. The Balaban J connectivity index is 1.48. The molecule has 2 aromatic rings. The highest BCUT2D eigenvalue weighted by Gasteiger charge is 2.21. The number of piperazine rings is 1. The number of aromatic nitrogens is 2. The van der Waals surface area contributed by atoms with Crippen LogP contribution in [-0.4, -0.2) is 59.9 Å². The molecule has 0 atom stereocenters. The molecule has 0 spiro atoms. The average molecular weight is 394 g/mol. The van der Waals surface area contributed by atoms with E-state index in [0.29, 0.717) is 31.9 Å². The summed E-state index contributed by atoms with van der Waals surface area (Å²) >= 11 is 6.15. The monoisotopic (exact) mass is 393 g/mol. The van der Waals surface area contributed by atoms with Gasteiger partial charge in [-0.1, -0.05) is 23.7 Å².